The summed E-state index contributed by atoms with van der Waals surface area (Å²) in [4.78, 5) is 12.1. The molecule has 9 heteroatoms. The molecule has 136 valence electrons. The van der Waals surface area contributed by atoms with Gasteiger partial charge in [0.15, 0.2) is 10.9 Å². The van der Waals surface area contributed by atoms with Gasteiger partial charge < -0.3 is 4.74 Å². The highest BCUT2D eigenvalue weighted by Crippen LogP contribution is 2.35. The molecular formula is C16H19BrClN3O2S2. The van der Waals surface area contributed by atoms with Crippen LogP contribution in [0.4, 0.5) is 5.13 Å². The van der Waals surface area contributed by atoms with Gasteiger partial charge in [-0.1, -0.05) is 48.0 Å². The molecule has 0 saturated heterocycles. The maximum absolute atomic E-state index is 12.1. The molecule has 1 heterocycles. The molecule has 0 atom stereocenters. The van der Waals surface area contributed by atoms with E-state index in [0.717, 1.165) is 38.5 Å². The van der Waals surface area contributed by atoms with Crippen molar-refractivity contribution in [2.45, 2.75) is 38.0 Å². The number of aromatic nitrogens is 2. The van der Waals surface area contributed by atoms with Gasteiger partial charge in [-0.2, -0.15) is 0 Å². The lowest BCUT2D eigenvalue weighted by Crippen LogP contribution is -2.20. The first-order chi connectivity index (χ1) is 11.9. The van der Waals surface area contributed by atoms with Gasteiger partial charge in [0.2, 0.25) is 5.13 Å². The van der Waals surface area contributed by atoms with E-state index in [2.05, 4.69) is 38.4 Å². The molecule has 2 rings (SSSR count). The van der Waals surface area contributed by atoms with Gasteiger partial charge in [0.1, 0.15) is 5.75 Å². The van der Waals surface area contributed by atoms with Gasteiger partial charge >= 0.3 is 0 Å². The third-order valence-corrected chi connectivity index (χ3v) is 6.93. The number of carbonyl (C=O) groups is 1. The van der Waals surface area contributed by atoms with Gasteiger partial charge in [-0.05, 0) is 53.4 Å². The number of rotatable bonds is 8. The van der Waals surface area contributed by atoms with Crippen LogP contribution in [0, 0.1) is 13.8 Å². The number of nitrogens with one attached hydrogen (secondary N) is 1. The predicted molar refractivity (Wildman–Crippen MR) is 108 cm³/mol. The SMILES string of the molecule is CCCCSc1nnc(NC(=O)COc2cc(C)c(Cl)c(C)c2Br)s1. The maximum atomic E-state index is 12.1. The van der Waals surface area contributed by atoms with Crippen LogP contribution in [0.2, 0.25) is 5.02 Å². The zero-order valence-corrected chi connectivity index (χ0v) is 18.2. The number of anilines is 1. The third kappa shape index (κ3) is 5.84. The molecule has 1 amide bonds. The van der Waals surface area contributed by atoms with Crippen LogP contribution < -0.4 is 10.1 Å². The Morgan fingerprint density at radius 1 is 1.44 bits per heavy atom. The van der Waals surface area contributed by atoms with Crippen molar-refractivity contribution in [1.29, 1.82) is 0 Å². The Balaban J connectivity index is 1.89. The minimum Gasteiger partial charge on any atom is -0.483 e. The zero-order chi connectivity index (χ0) is 18.4. The molecule has 0 spiro atoms. The molecule has 25 heavy (non-hydrogen) atoms. The number of amides is 1. The van der Waals surface area contributed by atoms with Crippen LogP contribution in [0.3, 0.4) is 0 Å². The van der Waals surface area contributed by atoms with Gasteiger partial charge in [0.05, 0.1) is 4.47 Å². The number of unbranched alkanes of at least 4 members (excludes halogenated alkanes) is 1. The van der Waals surface area contributed by atoms with E-state index in [-0.39, 0.29) is 12.5 Å². The number of hydrogen-bond acceptors (Lipinski definition) is 6. The summed E-state index contributed by atoms with van der Waals surface area (Å²) in [6.45, 7) is 5.82. The van der Waals surface area contributed by atoms with Crippen molar-refractivity contribution in [1.82, 2.24) is 10.2 Å². The van der Waals surface area contributed by atoms with Crippen LogP contribution in [0.15, 0.2) is 14.9 Å². The minimum atomic E-state index is -0.279. The lowest BCUT2D eigenvalue weighted by Gasteiger charge is -2.12. The van der Waals surface area contributed by atoms with Gasteiger partial charge in [-0.15, -0.1) is 10.2 Å². The minimum absolute atomic E-state index is 0.114. The first-order valence-electron chi connectivity index (χ1n) is 7.76. The van der Waals surface area contributed by atoms with Gasteiger partial charge in [0.25, 0.3) is 5.91 Å². The topological polar surface area (TPSA) is 64.1 Å². The van der Waals surface area contributed by atoms with Crippen molar-refractivity contribution in [3.63, 3.8) is 0 Å². The summed E-state index contributed by atoms with van der Waals surface area (Å²) in [5, 5.41) is 11.9. The smallest absolute Gasteiger partial charge is 0.264 e. The molecule has 0 fully saturated rings. The van der Waals surface area contributed by atoms with E-state index in [9.17, 15) is 4.79 Å². The van der Waals surface area contributed by atoms with Crippen LogP contribution in [0.1, 0.15) is 30.9 Å². The average Bonchev–Trinajstić information content (AvgIpc) is 3.02. The Kier molecular flexibility index (Phi) is 7.99. The summed E-state index contributed by atoms with van der Waals surface area (Å²) in [6.07, 6.45) is 2.28. The highest BCUT2D eigenvalue weighted by atomic mass is 79.9. The normalized spacial score (nSPS) is 10.8. The fourth-order valence-electron chi connectivity index (χ4n) is 1.93. The Bertz CT molecular complexity index is 755. The summed E-state index contributed by atoms with van der Waals surface area (Å²) in [6, 6.07) is 1.81. The molecule has 0 bridgehead atoms. The first kappa shape index (κ1) is 20.5. The molecule has 0 aliphatic carbocycles. The highest BCUT2D eigenvalue weighted by Gasteiger charge is 2.13. The molecule has 2 aromatic rings. The molecule has 0 saturated carbocycles. The van der Waals surface area contributed by atoms with Crippen molar-refractivity contribution in [2.24, 2.45) is 0 Å². The Morgan fingerprint density at radius 3 is 2.92 bits per heavy atom. The molecule has 0 aliphatic rings. The van der Waals surface area contributed by atoms with Crippen molar-refractivity contribution in [3.8, 4) is 5.75 Å². The fraction of sp³-hybridized carbons (Fsp3) is 0.438. The lowest BCUT2D eigenvalue weighted by atomic mass is 10.1. The second kappa shape index (κ2) is 9.75. The van der Waals surface area contributed by atoms with E-state index in [1.165, 1.54) is 11.3 Å². The number of carbonyl (C=O) groups excluding carboxylic acids is 1. The second-order valence-electron chi connectivity index (χ2n) is 5.36. The molecule has 0 aliphatic heterocycles. The summed E-state index contributed by atoms with van der Waals surface area (Å²) >= 11 is 12.7. The van der Waals surface area contributed by atoms with E-state index in [1.807, 2.05) is 13.8 Å². The molecule has 1 aromatic carbocycles. The van der Waals surface area contributed by atoms with Crippen molar-refractivity contribution in [2.75, 3.05) is 17.7 Å². The van der Waals surface area contributed by atoms with E-state index in [4.69, 9.17) is 16.3 Å². The van der Waals surface area contributed by atoms with E-state index in [1.54, 1.807) is 17.8 Å². The van der Waals surface area contributed by atoms with Crippen LogP contribution in [0.5, 0.6) is 5.75 Å². The summed E-state index contributed by atoms with van der Waals surface area (Å²) in [5.41, 5.74) is 1.78. The van der Waals surface area contributed by atoms with Gasteiger partial charge in [0, 0.05) is 10.8 Å². The third-order valence-electron chi connectivity index (χ3n) is 3.30. The number of ether oxygens (including phenoxy) is 1. The summed E-state index contributed by atoms with van der Waals surface area (Å²) in [7, 11) is 0. The number of aryl methyl sites for hydroxylation is 1. The second-order valence-corrected chi connectivity index (χ2v) is 8.85. The van der Waals surface area contributed by atoms with Gasteiger partial charge in [-0.3, -0.25) is 10.1 Å². The van der Waals surface area contributed by atoms with Crippen LogP contribution in [0.25, 0.3) is 0 Å². The molecular weight excluding hydrogens is 446 g/mol. The Labute approximate surface area is 169 Å². The zero-order valence-electron chi connectivity index (χ0n) is 14.2. The van der Waals surface area contributed by atoms with Crippen molar-refractivity contribution >= 4 is 61.7 Å². The highest BCUT2D eigenvalue weighted by molar-refractivity contribution is 9.10. The Hall–Kier alpha value is -0.830. The van der Waals surface area contributed by atoms with Crippen LogP contribution in [-0.2, 0) is 4.79 Å². The average molecular weight is 465 g/mol. The maximum Gasteiger partial charge on any atom is 0.264 e. The number of hydrogen-bond donors (Lipinski definition) is 1. The van der Waals surface area contributed by atoms with Crippen LogP contribution in [-0.4, -0.2) is 28.5 Å². The van der Waals surface area contributed by atoms with Gasteiger partial charge in [-0.25, -0.2) is 0 Å². The monoisotopic (exact) mass is 463 g/mol. The number of halogens is 2. The van der Waals surface area contributed by atoms with Crippen molar-refractivity contribution < 1.29 is 9.53 Å². The summed E-state index contributed by atoms with van der Waals surface area (Å²) in [5.74, 6) is 1.31. The molecule has 1 aromatic heterocycles. The Morgan fingerprint density at radius 2 is 2.20 bits per heavy atom. The predicted octanol–water partition coefficient (Wildman–Crippen LogP) is 5.48. The molecule has 5 nitrogen and oxygen atoms in total. The number of nitrogens with zero attached hydrogens (tertiary/aromatic N) is 2. The number of benzene rings is 1. The quantitative estimate of drug-likeness (QED) is 0.318. The first-order valence-corrected chi connectivity index (χ1v) is 10.7. The largest absolute Gasteiger partial charge is 0.483 e. The van der Waals surface area contributed by atoms with E-state index >= 15 is 0 Å². The molecule has 0 unspecified atom stereocenters. The van der Waals surface area contributed by atoms with E-state index < -0.39 is 0 Å². The van der Waals surface area contributed by atoms with Crippen molar-refractivity contribution in [3.05, 3.63) is 26.7 Å². The fourth-order valence-corrected chi connectivity index (χ4v) is 4.54. The van der Waals surface area contributed by atoms with E-state index in [0.29, 0.717) is 15.9 Å². The molecule has 0 radical (unpaired) electrons. The standard InChI is InChI=1S/C16H19BrClN3O2S2/c1-4-5-6-24-16-21-20-15(25-16)19-12(22)8-23-11-7-9(2)14(18)10(3)13(11)17/h7H,4-6,8H2,1-3H3,(H,19,20,22). The summed E-state index contributed by atoms with van der Waals surface area (Å²) < 4.78 is 7.22. The molecule has 1 N–H and O–H groups in total. The number of thioether (sulfide) groups is 1. The van der Waals surface area contributed by atoms with Crippen LogP contribution >= 0.6 is 50.6 Å². The lowest BCUT2D eigenvalue weighted by molar-refractivity contribution is -0.118.